The minimum atomic E-state index is -0.335. The second-order valence-corrected chi connectivity index (χ2v) is 5.20. The number of nitrogens with zero attached hydrogens (tertiary/aromatic N) is 1. The third-order valence-electron chi connectivity index (χ3n) is 3.63. The highest BCUT2D eigenvalue weighted by Crippen LogP contribution is 2.24. The summed E-state index contributed by atoms with van der Waals surface area (Å²) in [6.07, 6.45) is 3.45. The lowest BCUT2D eigenvalue weighted by Crippen LogP contribution is -2.30. The van der Waals surface area contributed by atoms with Gasteiger partial charge in [0.05, 0.1) is 12.2 Å². The van der Waals surface area contributed by atoms with Gasteiger partial charge in [-0.3, -0.25) is 16.3 Å². The van der Waals surface area contributed by atoms with Crippen LogP contribution in [0.4, 0.5) is 4.39 Å². The number of rotatable bonds is 4. The molecule has 0 bridgehead atoms. The molecule has 4 heteroatoms. The van der Waals surface area contributed by atoms with Crippen molar-refractivity contribution in [2.75, 3.05) is 0 Å². The Labute approximate surface area is 119 Å². The number of aromatic nitrogens is 1. The normalized spacial score (nSPS) is 12.4. The van der Waals surface area contributed by atoms with Gasteiger partial charge < -0.3 is 0 Å². The fourth-order valence-electron chi connectivity index (χ4n) is 2.66. The van der Waals surface area contributed by atoms with Crippen molar-refractivity contribution >= 4 is 0 Å². The molecule has 1 aromatic carbocycles. The molecule has 0 amide bonds. The lowest BCUT2D eigenvalue weighted by Gasteiger charge is -2.20. The van der Waals surface area contributed by atoms with Crippen molar-refractivity contribution in [2.24, 2.45) is 5.84 Å². The molecule has 2 rings (SSSR count). The van der Waals surface area contributed by atoms with E-state index in [1.807, 2.05) is 0 Å². The van der Waals surface area contributed by atoms with Crippen molar-refractivity contribution in [3.63, 3.8) is 0 Å². The van der Waals surface area contributed by atoms with Gasteiger partial charge in [-0.2, -0.15) is 0 Å². The van der Waals surface area contributed by atoms with Gasteiger partial charge in [-0.15, -0.1) is 0 Å². The molecule has 2 aromatic rings. The summed E-state index contributed by atoms with van der Waals surface area (Å²) in [5, 5.41) is 0. The minimum Gasteiger partial charge on any atom is -0.271 e. The molecule has 106 valence electrons. The summed E-state index contributed by atoms with van der Waals surface area (Å²) in [4.78, 5) is 3.77. The van der Waals surface area contributed by atoms with E-state index in [1.54, 1.807) is 12.3 Å². The van der Waals surface area contributed by atoms with E-state index < -0.39 is 0 Å². The first-order valence-electron chi connectivity index (χ1n) is 6.65. The van der Waals surface area contributed by atoms with Crippen molar-refractivity contribution in [1.29, 1.82) is 0 Å². The van der Waals surface area contributed by atoms with E-state index in [9.17, 15) is 4.39 Å². The number of hydrogen-bond donors (Lipinski definition) is 2. The lowest BCUT2D eigenvalue weighted by molar-refractivity contribution is 0.506. The number of nitrogens with one attached hydrogen (secondary N) is 1. The first-order valence-corrected chi connectivity index (χ1v) is 6.65. The van der Waals surface area contributed by atoms with Crippen LogP contribution in [0.5, 0.6) is 0 Å². The Morgan fingerprint density at radius 1 is 1.25 bits per heavy atom. The van der Waals surface area contributed by atoms with Gasteiger partial charge in [0.25, 0.3) is 0 Å². The second kappa shape index (κ2) is 6.11. The van der Waals surface area contributed by atoms with E-state index >= 15 is 0 Å². The van der Waals surface area contributed by atoms with Crippen molar-refractivity contribution in [2.45, 2.75) is 33.2 Å². The Kier molecular flexibility index (Phi) is 4.47. The van der Waals surface area contributed by atoms with Crippen LogP contribution in [0.25, 0.3) is 0 Å². The molecule has 1 aromatic heterocycles. The number of pyridine rings is 1. The molecule has 3 N–H and O–H groups in total. The number of hydrogen-bond acceptors (Lipinski definition) is 3. The van der Waals surface area contributed by atoms with E-state index in [0.29, 0.717) is 12.0 Å². The molecule has 20 heavy (non-hydrogen) atoms. The van der Waals surface area contributed by atoms with Crippen LogP contribution < -0.4 is 11.3 Å². The molecule has 3 nitrogen and oxygen atoms in total. The highest BCUT2D eigenvalue weighted by Gasteiger charge is 2.17. The van der Waals surface area contributed by atoms with Crippen LogP contribution in [0, 0.1) is 26.6 Å². The maximum absolute atomic E-state index is 13.8. The fourth-order valence-corrected chi connectivity index (χ4v) is 2.66. The van der Waals surface area contributed by atoms with Crippen LogP contribution in [0.3, 0.4) is 0 Å². The van der Waals surface area contributed by atoms with Crippen molar-refractivity contribution in [3.05, 3.63) is 64.2 Å². The third kappa shape index (κ3) is 3.03. The van der Waals surface area contributed by atoms with E-state index in [1.165, 1.54) is 28.5 Å². The molecule has 0 saturated heterocycles. The van der Waals surface area contributed by atoms with Crippen LogP contribution in [0.15, 0.2) is 30.6 Å². The zero-order valence-corrected chi connectivity index (χ0v) is 12.1. The highest BCUT2D eigenvalue weighted by atomic mass is 19.1. The molecule has 1 atom stereocenters. The molecule has 1 heterocycles. The average Bonchev–Trinajstić information content (AvgIpc) is 2.39. The van der Waals surface area contributed by atoms with Crippen molar-refractivity contribution in [1.82, 2.24) is 10.4 Å². The number of benzene rings is 1. The summed E-state index contributed by atoms with van der Waals surface area (Å²) < 4.78 is 13.8. The van der Waals surface area contributed by atoms with E-state index in [4.69, 9.17) is 5.84 Å². The summed E-state index contributed by atoms with van der Waals surface area (Å²) in [5.74, 6) is 5.28. The van der Waals surface area contributed by atoms with E-state index in [2.05, 4.69) is 43.3 Å². The van der Waals surface area contributed by atoms with Gasteiger partial charge in [0.2, 0.25) is 0 Å². The summed E-state index contributed by atoms with van der Waals surface area (Å²) >= 11 is 0. The van der Waals surface area contributed by atoms with E-state index in [-0.39, 0.29) is 11.9 Å². The minimum absolute atomic E-state index is 0.266. The Balaban J connectivity index is 2.35. The number of nitrogens with two attached hydrogens (primary N) is 1. The third-order valence-corrected chi connectivity index (χ3v) is 3.63. The molecule has 0 aliphatic carbocycles. The summed E-state index contributed by atoms with van der Waals surface area (Å²) in [6, 6.07) is 5.68. The van der Waals surface area contributed by atoms with Crippen LogP contribution in [0.2, 0.25) is 0 Å². The maximum atomic E-state index is 13.8. The van der Waals surface area contributed by atoms with Crippen molar-refractivity contribution < 1.29 is 4.39 Å². The SMILES string of the molecule is Cc1cc(C)c(CC(NN)c2ccncc2F)c(C)c1. The molecule has 0 aliphatic rings. The van der Waals surface area contributed by atoms with Gasteiger partial charge in [0, 0.05) is 11.8 Å². The Hall–Kier alpha value is -1.78. The summed E-state index contributed by atoms with van der Waals surface area (Å²) in [5.41, 5.74) is 8.10. The molecule has 0 spiro atoms. The molecular weight excluding hydrogens is 253 g/mol. The molecular formula is C16H20FN3. The van der Waals surface area contributed by atoms with Gasteiger partial charge in [0.1, 0.15) is 5.82 Å². The second-order valence-electron chi connectivity index (χ2n) is 5.20. The van der Waals surface area contributed by atoms with Gasteiger partial charge in [-0.25, -0.2) is 4.39 Å². The number of hydrazine groups is 1. The largest absolute Gasteiger partial charge is 0.271 e. The fraction of sp³-hybridized carbons (Fsp3) is 0.312. The molecule has 0 aliphatic heterocycles. The highest BCUT2D eigenvalue weighted by molar-refractivity contribution is 5.38. The first kappa shape index (κ1) is 14.6. The lowest BCUT2D eigenvalue weighted by atomic mass is 9.92. The van der Waals surface area contributed by atoms with Crippen molar-refractivity contribution in [3.8, 4) is 0 Å². The average molecular weight is 273 g/mol. The van der Waals surface area contributed by atoms with Crippen LogP contribution in [-0.4, -0.2) is 4.98 Å². The molecule has 0 saturated carbocycles. The maximum Gasteiger partial charge on any atom is 0.146 e. The topological polar surface area (TPSA) is 50.9 Å². The standard InChI is InChI=1S/C16H20FN3/c1-10-6-11(2)14(12(3)7-10)8-16(20-18)13-4-5-19-9-15(13)17/h4-7,9,16,20H,8,18H2,1-3H3. The van der Waals surface area contributed by atoms with Crippen LogP contribution in [0.1, 0.15) is 33.9 Å². The monoisotopic (exact) mass is 273 g/mol. The first-order chi connectivity index (χ1) is 9.52. The van der Waals surface area contributed by atoms with Gasteiger partial charge >= 0.3 is 0 Å². The molecule has 0 radical (unpaired) electrons. The van der Waals surface area contributed by atoms with Crippen LogP contribution in [-0.2, 0) is 6.42 Å². The summed E-state index contributed by atoms with van der Waals surface area (Å²) in [7, 11) is 0. The zero-order valence-electron chi connectivity index (χ0n) is 12.1. The number of halogens is 1. The smallest absolute Gasteiger partial charge is 0.146 e. The predicted molar refractivity (Wildman–Crippen MR) is 78.6 cm³/mol. The molecule has 0 fully saturated rings. The number of aryl methyl sites for hydroxylation is 3. The van der Waals surface area contributed by atoms with Gasteiger partial charge in [-0.05, 0) is 49.9 Å². The van der Waals surface area contributed by atoms with E-state index in [0.717, 1.165) is 0 Å². The Morgan fingerprint density at radius 3 is 2.45 bits per heavy atom. The Bertz CT molecular complexity index is 587. The predicted octanol–water partition coefficient (Wildman–Crippen LogP) is 2.89. The molecule has 1 unspecified atom stereocenters. The van der Waals surface area contributed by atoms with Gasteiger partial charge in [0.15, 0.2) is 0 Å². The van der Waals surface area contributed by atoms with Gasteiger partial charge in [-0.1, -0.05) is 17.7 Å². The Morgan fingerprint density at radius 2 is 1.90 bits per heavy atom. The quantitative estimate of drug-likeness (QED) is 0.665. The summed E-state index contributed by atoms with van der Waals surface area (Å²) in [6.45, 7) is 6.22. The zero-order chi connectivity index (χ0) is 14.7. The van der Waals surface area contributed by atoms with Crippen LogP contribution >= 0.6 is 0 Å².